The minimum Gasteiger partial charge on any atom is -0.309 e. The van der Waals surface area contributed by atoms with Crippen LogP contribution in [0.3, 0.4) is 0 Å². The number of aromatic nitrogens is 14. The van der Waals surface area contributed by atoms with Crippen LogP contribution in [0.2, 0.25) is 0 Å². The molecule has 123 heavy (non-hydrogen) atoms. The molecule has 15 nitrogen and oxygen atoms in total. The molecule has 0 aliphatic rings. The van der Waals surface area contributed by atoms with Gasteiger partial charge in [-0.1, -0.05) is 267 Å². The van der Waals surface area contributed by atoms with E-state index in [1.807, 2.05) is 309 Å². The molecule has 0 atom stereocenters. The van der Waals surface area contributed by atoms with E-state index in [0.717, 1.165) is 83.2 Å². The van der Waals surface area contributed by atoms with Gasteiger partial charge in [0.25, 0.3) is 0 Å². The van der Waals surface area contributed by atoms with Crippen molar-refractivity contribution in [2.75, 3.05) is 0 Å². The Hall–Kier alpha value is -16.8. The van der Waals surface area contributed by atoms with Crippen molar-refractivity contribution < 1.29 is 13.2 Å². The molecule has 0 N–H and O–H groups in total. The van der Waals surface area contributed by atoms with Crippen LogP contribution in [-0.2, 0) is 6.18 Å². The number of aryl methyl sites for hydroxylation is 1. The average molecular weight is 1590 g/mol. The molecule has 21 rings (SSSR count). The van der Waals surface area contributed by atoms with E-state index in [1.165, 1.54) is 6.07 Å². The van der Waals surface area contributed by atoms with Gasteiger partial charge >= 0.3 is 6.18 Å². The quantitative estimate of drug-likeness (QED) is 0.0841. The van der Waals surface area contributed by atoms with Crippen LogP contribution in [0, 0.1) is 13.5 Å². The molecular weight excluding hydrogens is 1530 g/mol. The smallest absolute Gasteiger partial charge is 0.309 e. The summed E-state index contributed by atoms with van der Waals surface area (Å²) in [6.07, 6.45) is -4.81. The lowest BCUT2D eigenvalue weighted by atomic mass is 9.87. The second kappa shape index (κ2) is 30.9. The van der Waals surface area contributed by atoms with Crippen LogP contribution in [-0.4, -0.2) is 68.9 Å². The number of hydrogen-bond acceptors (Lipinski definition) is 12. The lowest BCUT2D eigenvalue weighted by Crippen LogP contribution is -2.09. The number of halogens is 3. The summed E-state index contributed by atoms with van der Waals surface area (Å²) in [4.78, 5) is 65.9. The Labute approximate surface area is 703 Å². The first-order chi connectivity index (χ1) is 60.4. The molecule has 0 bridgehead atoms. The second-order valence-corrected chi connectivity index (χ2v) is 29.8. The van der Waals surface area contributed by atoms with Crippen molar-refractivity contribution in [1.82, 2.24) is 68.9 Å². The van der Waals surface area contributed by atoms with Crippen LogP contribution in [0.4, 0.5) is 18.9 Å². The van der Waals surface area contributed by atoms with E-state index in [4.69, 9.17) is 66.4 Å². The molecule has 0 fully saturated rings. The van der Waals surface area contributed by atoms with Crippen LogP contribution in [0.15, 0.2) is 370 Å². The van der Waals surface area contributed by atoms with E-state index >= 15 is 13.2 Å². The van der Waals surface area contributed by atoms with E-state index in [-0.39, 0.29) is 16.8 Å². The van der Waals surface area contributed by atoms with E-state index in [1.54, 1.807) is 31.2 Å². The van der Waals surface area contributed by atoms with Gasteiger partial charge in [-0.3, -0.25) is 0 Å². The van der Waals surface area contributed by atoms with Gasteiger partial charge in [0.2, 0.25) is 0 Å². The predicted molar refractivity (Wildman–Crippen MR) is 481 cm³/mol. The van der Waals surface area contributed by atoms with Crippen LogP contribution >= 0.6 is 0 Å². The maximum Gasteiger partial charge on any atom is 0.417 e. The number of nitrogens with zero attached hydrogens (tertiary/aromatic N) is 15. The van der Waals surface area contributed by atoms with Crippen molar-refractivity contribution in [1.29, 1.82) is 0 Å². The Bertz CT molecular complexity index is 7130. The van der Waals surface area contributed by atoms with Crippen molar-refractivity contribution in [3.8, 4) is 170 Å². The van der Waals surface area contributed by atoms with Crippen molar-refractivity contribution in [2.24, 2.45) is 0 Å². The Morgan fingerprint density at radius 2 is 0.520 bits per heavy atom. The van der Waals surface area contributed by atoms with Crippen LogP contribution in [0.25, 0.3) is 219 Å². The van der Waals surface area contributed by atoms with Crippen molar-refractivity contribution >= 4 is 49.3 Å². The molecule has 6 heterocycles. The summed E-state index contributed by atoms with van der Waals surface area (Å²) in [7, 11) is 0. The third-order valence-corrected chi connectivity index (χ3v) is 22.1. The van der Waals surface area contributed by atoms with Crippen LogP contribution in [0.1, 0.15) is 11.1 Å². The molecular formula is C105H64F3N15. The highest BCUT2D eigenvalue weighted by atomic mass is 19.4. The molecule has 0 aliphatic carbocycles. The Balaban J connectivity index is 0.819. The predicted octanol–water partition coefficient (Wildman–Crippen LogP) is 25.8. The van der Waals surface area contributed by atoms with Crippen LogP contribution in [0.5, 0.6) is 0 Å². The highest BCUT2D eigenvalue weighted by Gasteiger charge is 2.36. The molecule has 0 saturated heterocycles. The van der Waals surface area contributed by atoms with Gasteiger partial charge in [0, 0.05) is 94.0 Å². The highest BCUT2D eigenvalue weighted by Crippen LogP contribution is 2.49. The van der Waals surface area contributed by atoms with Gasteiger partial charge in [0.15, 0.2) is 75.6 Å². The number of hydrogen-bond donors (Lipinski definition) is 0. The SMILES string of the molecule is [C-]#[N+]c1ccc(-n2c3ccc(-c4nc(-c5ccccc5)nc(-c5ccccc5)n4)cc3c3cc(-c4nc(-c5ccccc5)nc(-c5ccccc5)n4)ccc32)c(-c2cc(-n3c4ccc(-c5nc(-c6ccccc6)nc(-c6ccccc6)n5)cc4c4cc(-c5nc(-c6ccccc6)nc(-c6ccccc6)n5)ccc43)ccc2-c2c(C)cccc2C(F)(F)F)c1. The molecule has 0 amide bonds. The molecule has 0 saturated carbocycles. The summed E-state index contributed by atoms with van der Waals surface area (Å²) in [5, 5.41) is 3.09. The van der Waals surface area contributed by atoms with Gasteiger partial charge in [0.05, 0.1) is 39.9 Å². The molecule has 15 aromatic carbocycles. The van der Waals surface area contributed by atoms with Gasteiger partial charge in [-0.2, -0.15) is 13.2 Å². The summed E-state index contributed by atoms with van der Waals surface area (Å²) in [5.74, 6) is 5.54. The third kappa shape index (κ3) is 14.0. The first kappa shape index (κ1) is 73.8. The van der Waals surface area contributed by atoms with Gasteiger partial charge in [0.1, 0.15) is 0 Å². The third-order valence-electron chi connectivity index (χ3n) is 22.1. The van der Waals surface area contributed by atoms with E-state index in [9.17, 15) is 0 Å². The number of fused-ring (bicyclic) bond motifs is 6. The van der Waals surface area contributed by atoms with Gasteiger partial charge < -0.3 is 9.13 Å². The van der Waals surface area contributed by atoms with Crippen molar-refractivity contribution in [3.05, 3.63) is 393 Å². The molecule has 18 heteroatoms. The lowest BCUT2D eigenvalue weighted by molar-refractivity contribution is -0.137. The van der Waals surface area contributed by atoms with Gasteiger partial charge in [-0.15, -0.1) is 0 Å². The molecule has 580 valence electrons. The number of rotatable bonds is 16. The normalized spacial score (nSPS) is 11.6. The maximum atomic E-state index is 16.3. The van der Waals surface area contributed by atoms with E-state index in [2.05, 4.69) is 38.2 Å². The zero-order chi connectivity index (χ0) is 82.7. The Kier molecular flexibility index (Phi) is 18.6. The van der Waals surface area contributed by atoms with Gasteiger partial charge in [-0.25, -0.2) is 64.7 Å². The minimum atomic E-state index is -4.81. The summed E-state index contributed by atoms with van der Waals surface area (Å²) in [5.41, 5.74) is 14.1. The molecule has 0 radical (unpaired) electrons. The summed E-state index contributed by atoms with van der Waals surface area (Å²) in [6, 6.07) is 118. The summed E-state index contributed by atoms with van der Waals surface area (Å²) < 4.78 is 53.0. The fraction of sp³-hybridized carbons (Fsp3) is 0.0190. The second-order valence-electron chi connectivity index (χ2n) is 29.8. The van der Waals surface area contributed by atoms with E-state index in [0.29, 0.717) is 131 Å². The standard InChI is InChI=1S/C105H64F3N15/c1-64-28-27-45-86(105(106,107)108)92(64)79-52-51-78(122-87-53-46-73(101-114-93(65-29-11-3-12-30-65)110-94(115-101)66-31-13-4-14-32-66)58-81(87)82-59-74(47-54-88(82)122)102-116-95(67-33-15-5-16-34-67)111-96(117-102)68-35-17-6-18-36-68)63-80(79)85-62-77(109-2)50-57-91(85)123-89-55-48-75(103-118-97(69-37-19-7-20-38-69)112-98(119-103)70-39-21-8-22-40-70)60-83(89)84-61-76(49-56-90(84)123)104-120-99(71-41-23-9-24-42-71)113-100(121-104)72-43-25-10-26-44-72/h3-63H,1H3. The first-order valence-corrected chi connectivity index (χ1v) is 39.9. The molecule has 0 aliphatic heterocycles. The topological polar surface area (TPSA) is 169 Å². The number of alkyl halides is 3. The average Bonchev–Trinajstić information content (AvgIpc) is 1.58. The van der Waals surface area contributed by atoms with Crippen molar-refractivity contribution in [2.45, 2.75) is 13.1 Å². The fourth-order valence-corrected chi connectivity index (χ4v) is 16.3. The number of benzene rings is 15. The lowest BCUT2D eigenvalue weighted by Gasteiger charge is -2.22. The zero-order valence-corrected chi connectivity index (χ0v) is 65.6. The summed E-state index contributed by atoms with van der Waals surface area (Å²) >= 11 is 0. The first-order valence-electron chi connectivity index (χ1n) is 39.9. The summed E-state index contributed by atoms with van der Waals surface area (Å²) in [6.45, 7) is 10.5. The molecule has 6 aromatic heterocycles. The molecule has 0 unspecified atom stereocenters. The largest absolute Gasteiger partial charge is 0.417 e. The fourth-order valence-electron chi connectivity index (χ4n) is 16.3. The molecule has 0 spiro atoms. The monoisotopic (exact) mass is 1590 g/mol. The Morgan fingerprint density at radius 1 is 0.244 bits per heavy atom. The van der Waals surface area contributed by atoms with Gasteiger partial charge in [-0.05, 0) is 138 Å². The van der Waals surface area contributed by atoms with Crippen LogP contribution < -0.4 is 0 Å². The highest BCUT2D eigenvalue weighted by molar-refractivity contribution is 6.14. The van der Waals surface area contributed by atoms with Crippen molar-refractivity contribution in [3.63, 3.8) is 0 Å². The zero-order valence-electron chi connectivity index (χ0n) is 65.6. The molecule has 21 aromatic rings. The van der Waals surface area contributed by atoms with E-state index < -0.39 is 11.7 Å². The minimum absolute atomic E-state index is 0.0212. The maximum absolute atomic E-state index is 16.3. The Morgan fingerprint density at radius 3 is 0.797 bits per heavy atom.